The number of carbonyl (C=O) groups is 2. The predicted molar refractivity (Wildman–Crippen MR) is 93.0 cm³/mol. The number of ketones is 1. The molecule has 1 aliphatic rings. The number of methoxy groups -OCH3 is 1. The minimum atomic E-state index is -0.381. The van der Waals surface area contributed by atoms with E-state index in [1.807, 2.05) is 13.8 Å². The summed E-state index contributed by atoms with van der Waals surface area (Å²) >= 11 is 0. The van der Waals surface area contributed by atoms with E-state index < -0.39 is 0 Å². The van der Waals surface area contributed by atoms with Crippen molar-refractivity contribution in [2.24, 2.45) is 11.8 Å². The van der Waals surface area contributed by atoms with Crippen molar-refractivity contribution in [3.8, 4) is 0 Å². The number of aryl methyl sites for hydroxylation is 3. The number of carbonyl (C=O) groups excluding carboxylic acids is 2. The molecule has 0 N–H and O–H groups in total. The Kier molecular flexibility index (Phi) is 6.16. The van der Waals surface area contributed by atoms with Crippen LogP contribution in [0.15, 0.2) is 12.1 Å². The Morgan fingerprint density at radius 1 is 1.08 bits per heavy atom. The van der Waals surface area contributed by atoms with Gasteiger partial charge in [-0.25, -0.2) is 0 Å². The van der Waals surface area contributed by atoms with Crippen LogP contribution in [0.4, 0.5) is 0 Å². The highest BCUT2D eigenvalue weighted by atomic mass is 16.5. The Hall–Kier alpha value is -1.68. The molecular weight excluding hydrogens is 304 g/mol. The smallest absolute Gasteiger partial charge is 0.309 e. The SMILES string of the molecule is CCOC(=O)C1CC(OC)CC1C(=O)Cc1c(C)cc(C)cc1C. The minimum Gasteiger partial charge on any atom is -0.466 e. The van der Waals surface area contributed by atoms with Gasteiger partial charge in [-0.15, -0.1) is 0 Å². The lowest BCUT2D eigenvalue weighted by Crippen LogP contribution is -2.28. The fourth-order valence-corrected chi connectivity index (χ4v) is 3.84. The molecule has 1 aromatic carbocycles. The van der Waals surface area contributed by atoms with E-state index in [-0.39, 0.29) is 29.7 Å². The van der Waals surface area contributed by atoms with E-state index in [9.17, 15) is 9.59 Å². The van der Waals surface area contributed by atoms with Crippen molar-refractivity contribution in [1.29, 1.82) is 0 Å². The van der Waals surface area contributed by atoms with Crippen LogP contribution in [0, 0.1) is 32.6 Å². The fourth-order valence-electron chi connectivity index (χ4n) is 3.84. The molecule has 3 atom stereocenters. The molecule has 3 unspecified atom stereocenters. The van der Waals surface area contributed by atoms with Gasteiger partial charge in [-0.05, 0) is 57.2 Å². The van der Waals surface area contributed by atoms with Crippen LogP contribution >= 0.6 is 0 Å². The highest BCUT2D eigenvalue weighted by Gasteiger charge is 2.43. The third-order valence-corrected chi connectivity index (χ3v) is 5.05. The molecule has 24 heavy (non-hydrogen) atoms. The zero-order chi connectivity index (χ0) is 17.9. The maximum atomic E-state index is 12.9. The van der Waals surface area contributed by atoms with Crippen LogP contribution in [0.25, 0.3) is 0 Å². The topological polar surface area (TPSA) is 52.6 Å². The fraction of sp³-hybridized carbons (Fsp3) is 0.600. The summed E-state index contributed by atoms with van der Waals surface area (Å²) in [4.78, 5) is 25.1. The van der Waals surface area contributed by atoms with Crippen LogP contribution in [-0.4, -0.2) is 31.6 Å². The average Bonchev–Trinajstić information content (AvgIpc) is 2.95. The molecule has 0 bridgehead atoms. The van der Waals surface area contributed by atoms with Crippen LogP contribution < -0.4 is 0 Å². The standard InChI is InChI=1S/C20H28O4/c1-6-24-20(22)18-10-15(23-5)9-17(18)19(21)11-16-13(3)7-12(2)8-14(16)4/h7-8,15,17-18H,6,9-11H2,1-5H3. The summed E-state index contributed by atoms with van der Waals surface area (Å²) < 4.78 is 10.6. The lowest BCUT2D eigenvalue weighted by atomic mass is 9.86. The lowest BCUT2D eigenvalue weighted by Gasteiger charge is -2.18. The van der Waals surface area contributed by atoms with Gasteiger partial charge in [-0.2, -0.15) is 0 Å². The van der Waals surface area contributed by atoms with E-state index in [0.29, 0.717) is 25.9 Å². The molecule has 1 aromatic rings. The molecular formula is C20H28O4. The first-order valence-electron chi connectivity index (χ1n) is 8.66. The Morgan fingerprint density at radius 2 is 1.67 bits per heavy atom. The van der Waals surface area contributed by atoms with E-state index in [2.05, 4.69) is 19.1 Å². The maximum Gasteiger partial charge on any atom is 0.309 e. The summed E-state index contributed by atoms with van der Waals surface area (Å²) in [5.41, 5.74) is 4.55. The predicted octanol–water partition coefficient (Wildman–Crippen LogP) is 3.33. The van der Waals surface area contributed by atoms with Gasteiger partial charge in [0.1, 0.15) is 5.78 Å². The highest BCUT2D eigenvalue weighted by Crippen LogP contribution is 2.36. The molecule has 0 radical (unpaired) electrons. The maximum absolute atomic E-state index is 12.9. The van der Waals surface area contributed by atoms with Gasteiger partial charge >= 0.3 is 5.97 Å². The summed E-state index contributed by atoms with van der Waals surface area (Å²) in [6.07, 6.45) is 1.49. The molecule has 0 amide bonds. The van der Waals surface area contributed by atoms with Crippen LogP contribution in [0.2, 0.25) is 0 Å². The number of esters is 1. The molecule has 1 saturated carbocycles. The van der Waals surface area contributed by atoms with Gasteiger partial charge in [0.2, 0.25) is 0 Å². The average molecular weight is 332 g/mol. The number of ether oxygens (including phenoxy) is 2. The first-order valence-corrected chi connectivity index (χ1v) is 8.66. The van der Waals surface area contributed by atoms with Gasteiger partial charge in [0.15, 0.2) is 0 Å². The van der Waals surface area contributed by atoms with Gasteiger partial charge in [-0.1, -0.05) is 17.7 Å². The van der Waals surface area contributed by atoms with Gasteiger partial charge in [0.05, 0.1) is 18.6 Å². The highest BCUT2D eigenvalue weighted by molar-refractivity contribution is 5.89. The molecule has 0 aliphatic heterocycles. The molecule has 0 heterocycles. The molecule has 0 saturated heterocycles. The monoisotopic (exact) mass is 332 g/mol. The first-order chi connectivity index (χ1) is 11.4. The van der Waals surface area contributed by atoms with Crippen LogP contribution in [0.5, 0.6) is 0 Å². The van der Waals surface area contributed by atoms with Crippen molar-refractivity contribution in [3.05, 3.63) is 34.4 Å². The van der Waals surface area contributed by atoms with Crippen LogP contribution in [0.1, 0.15) is 42.0 Å². The molecule has 132 valence electrons. The summed E-state index contributed by atoms with van der Waals surface area (Å²) in [5.74, 6) is -0.849. The van der Waals surface area contributed by atoms with E-state index in [1.165, 1.54) is 5.56 Å². The number of hydrogen-bond acceptors (Lipinski definition) is 4. The largest absolute Gasteiger partial charge is 0.466 e. The lowest BCUT2D eigenvalue weighted by molar-refractivity contribution is -0.151. The molecule has 0 spiro atoms. The Labute approximate surface area is 144 Å². The van der Waals surface area contributed by atoms with Gasteiger partial charge in [-0.3, -0.25) is 9.59 Å². The van der Waals surface area contributed by atoms with Gasteiger partial charge in [0, 0.05) is 19.4 Å². The number of hydrogen-bond donors (Lipinski definition) is 0. The zero-order valence-corrected chi connectivity index (χ0v) is 15.3. The normalized spacial score (nSPS) is 23.3. The number of Topliss-reactive ketones (excluding diaryl/α,β-unsaturated/α-hetero) is 1. The molecule has 4 heteroatoms. The molecule has 4 nitrogen and oxygen atoms in total. The van der Waals surface area contributed by atoms with Crippen molar-refractivity contribution in [2.75, 3.05) is 13.7 Å². The summed E-state index contributed by atoms with van der Waals surface area (Å²) in [6.45, 7) is 8.26. The third kappa shape index (κ3) is 4.04. The Bertz CT molecular complexity index is 597. The Morgan fingerprint density at radius 3 is 2.21 bits per heavy atom. The second-order valence-electron chi connectivity index (χ2n) is 6.81. The number of rotatable bonds is 6. The molecule has 2 rings (SSSR count). The van der Waals surface area contributed by atoms with Crippen molar-refractivity contribution < 1.29 is 19.1 Å². The quantitative estimate of drug-likeness (QED) is 0.750. The first kappa shape index (κ1) is 18.7. The van der Waals surface area contributed by atoms with E-state index in [1.54, 1.807) is 14.0 Å². The zero-order valence-electron chi connectivity index (χ0n) is 15.3. The van der Waals surface area contributed by atoms with Crippen molar-refractivity contribution in [2.45, 2.75) is 53.1 Å². The van der Waals surface area contributed by atoms with Gasteiger partial charge in [0.25, 0.3) is 0 Å². The number of benzene rings is 1. The minimum absolute atomic E-state index is 0.0476. The van der Waals surface area contributed by atoms with Gasteiger partial charge < -0.3 is 9.47 Å². The Balaban J connectivity index is 2.19. The summed E-state index contributed by atoms with van der Waals surface area (Å²) in [6, 6.07) is 4.20. The van der Waals surface area contributed by atoms with E-state index in [0.717, 1.165) is 16.7 Å². The van der Waals surface area contributed by atoms with Crippen LogP contribution in [0.3, 0.4) is 0 Å². The van der Waals surface area contributed by atoms with Crippen molar-refractivity contribution >= 4 is 11.8 Å². The third-order valence-electron chi connectivity index (χ3n) is 5.05. The van der Waals surface area contributed by atoms with E-state index >= 15 is 0 Å². The summed E-state index contributed by atoms with van der Waals surface area (Å²) in [5, 5.41) is 0. The molecule has 0 aromatic heterocycles. The summed E-state index contributed by atoms with van der Waals surface area (Å²) in [7, 11) is 1.63. The van der Waals surface area contributed by atoms with Crippen LogP contribution in [-0.2, 0) is 25.5 Å². The molecule has 1 aliphatic carbocycles. The van der Waals surface area contributed by atoms with E-state index in [4.69, 9.17) is 9.47 Å². The van der Waals surface area contributed by atoms with Crippen molar-refractivity contribution in [3.63, 3.8) is 0 Å². The second-order valence-corrected chi connectivity index (χ2v) is 6.81. The van der Waals surface area contributed by atoms with Crippen molar-refractivity contribution in [1.82, 2.24) is 0 Å². The second kappa shape index (κ2) is 7.93. The molecule has 1 fully saturated rings.